The third-order valence-corrected chi connectivity index (χ3v) is 12.1. The molecule has 146 valence electrons. The maximum atomic E-state index is 12.9. The number of fused-ring (bicyclic) bond motifs is 1. The summed E-state index contributed by atoms with van der Waals surface area (Å²) in [5, 5.41) is 1.07. The second-order valence-corrected chi connectivity index (χ2v) is 15.2. The highest BCUT2D eigenvalue weighted by Crippen LogP contribution is 2.41. The molecule has 2 rings (SSSR count). The van der Waals surface area contributed by atoms with Crippen molar-refractivity contribution in [2.75, 3.05) is 0 Å². The van der Waals surface area contributed by atoms with Crippen LogP contribution in [0.15, 0.2) is 30.5 Å². The Morgan fingerprint density at radius 1 is 0.963 bits per heavy atom. The van der Waals surface area contributed by atoms with Crippen molar-refractivity contribution in [1.82, 2.24) is 4.57 Å². The van der Waals surface area contributed by atoms with Crippen LogP contribution >= 0.6 is 0 Å². The number of benzene rings is 1. The number of rotatable bonds is 3. The molecule has 0 saturated heterocycles. The van der Waals surface area contributed by atoms with E-state index in [0.29, 0.717) is 16.6 Å². The summed E-state index contributed by atoms with van der Waals surface area (Å²) >= 11 is 0. The highest BCUT2D eigenvalue weighted by molar-refractivity contribution is 6.90. The van der Waals surface area contributed by atoms with Gasteiger partial charge in [0.15, 0.2) is 0 Å². The lowest BCUT2D eigenvalue weighted by molar-refractivity contribution is 0.0772. The van der Waals surface area contributed by atoms with E-state index in [1.165, 1.54) is 0 Å². The first-order valence-electron chi connectivity index (χ1n) is 10.1. The summed E-state index contributed by atoms with van der Waals surface area (Å²) in [4.78, 5) is 12.9. The lowest BCUT2D eigenvalue weighted by Crippen LogP contribution is -2.43. The van der Waals surface area contributed by atoms with E-state index in [1.54, 1.807) is 4.57 Å². The van der Waals surface area contributed by atoms with Crippen molar-refractivity contribution < 1.29 is 4.79 Å². The molecule has 0 bridgehead atoms. The highest BCUT2D eigenvalue weighted by Gasteiger charge is 2.41. The zero-order valence-electron chi connectivity index (χ0n) is 18.5. The minimum Gasteiger partial charge on any atom is -0.285 e. The minimum atomic E-state index is -1.81. The fourth-order valence-electron chi connectivity index (χ4n) is 4.42. The van der Waals surface area contributed by atoms with Crippen LogP contribution in [0.5, 0.6) is 0 Å². The molecule has 0 aliphatic rings. The number of carbonyl (C=O) groups excluding carboxylic acids is 1. The van der Waals surface area contributed by atoms with Gasteiger partial charge in [0.1, 0.15) is 8.07 Å². The summed E-state index contributed by atoms with van der Waals surface area (Å²) in [5.74, 6) is 3.64. The van der Waals surface area contributed by atoms with Crippen molar-refractivity contribution in [1.29, 1.82) is 0 Å². The predicted octanol–water partition coefficient (Wildman–Crippen LogP) is 6.90. The van der Waals surface area contributed by atoms with E-state index >= 15 is 0 Å². The van der Waals surface area contributed by atoms with Crippen molar-refractivity contribution in [3.63, 3.8) is 0 Å². The van der Waals surface area contributed by atoms with Crippen LogP contribution in [0.1, 0.15) is 72.7 Å². The number of aromatic nitrogens is 1. The minimum absolute atomic E-state index is 0.104. The van der Waals surface area contributed by atoms with Crippen LogP contribution in [-0.2, 0) is 0 Å². The summed E-state index contributed by atoms with van der Waals surface area (Å²) in [6.45, 7) is 19.8. The Morgan fingerprint density at radius 2 is 1.48 bits per heavy atom. The van der Waals surface area contributed by atoms with Crippen LogP contribution in [0.3, 0.4) is 0 Å². The van der Waals surface area contributed by atoms with Gasteiger partial charge in [-0.1, -0.05) is 86.4 Å². The Balaban J connectivity index is 2.69. The molecule has 0 fully saturated rings. The molecule has 3 heteroatoms. The molecule has 0 aliphatic carbocycles. The van der Waals surface area contributed by atoms with Gasteiger partial charge in [-0.25, -0.2) is 0 Å². The Bertz CT molecular complexity index is 863. The molecule has 1 aromatic heterocycles. The van der Waals surface area contributed by atoms with E-state index in [9.17, 15) is 4.79 Å². The second kappa shape index (κ2) is 7.68. The van der Waals surface area contributed by atoms with E-state index in [-0.39, 0.29) is 5.91 Å². The standard InChI is InChI=1S/C24H35NOSi/c1-17(2)27(18(3)4,19(5)6)15-14-20-16-25(23(26)24(7,8)9)22-13-11-10-12-21(20)22/h10-13,16-19H,1-9H3. The quantitative estimate of drug-likeness (QED) is 0.419. The summed E-state index contributed by atoms with van der Waals surface area (Å²) in [6.07, 6.45) is 1.95. The lowest BCUT2D eigenvalue weighted by atomic mass is 9.95. The number of hydrogen-bond donors (Lipinski definition) is 0. The van der Waals surface area contributed by atoms with E-state index in [2.05, 4.69) is 59.1 Å². The van der Waals surface area contributed by atoms with Gasteiger partial charge in [-0.2, -0.15) is 0 Å². The van der Waals surface area contributed by atoms with Crippen molar-refractivity contribution >= 4 is 24.9 Å². The summed E-state index contributed by atoms with van der Waals surface area (Å²) in [7, 11) is -1.81. The van der Waals surface area contributed by atoms with Crippen LogP contribution in [0, 0.1) is 16.9 Å². The van der Waals surface area contributed by atoms with Gasteiger partial charge in [-0.3, -0.25) is 9.36 Å². The van der Waals surface area contributed by atoms with Gasteiger partial charge in [0.25, 0.3) is 0 Å². The molecule has 0 N–H and O–H groups in total. The Labute approximate surface area is 166 Å². The Morgan fingerprint density at radius 3 is 1.96 bits per heavy atom. The molecule has 0 radical (unpaired) electrons. The summed E-state index contributed by atoms with van der Waals surface area (Å²) in [6, 6.07) is 8.11. The molecular weight excluding hydrogens is 346 g/mol. The van der Waals surface area contributed by atoms with Gasteiger partial charge < -0.3 is 0 Å². The molecule has 0 unspecified atom stereocenters. The molecule has 0 aliphatic heterocycles. The average Bonchev–Trinajstić information content (AvgIpc) is 2.91. The van der Waals surface area contributed by atoms with Crippen LogP contribution < -0.4 is 0 Å². The molecule has 0 atom stereocenters. The number of hydrogen-bond acceptors (Lipinski definition) is 1. The number of carbonyl (C=O) groups is 1. The molecule has 2 nitrogen and oxygen atoms in total. The van der Waals surface area contributed by atoms with Gasteiger partial charge in [-0.05, 0) is 22.7 Å². The molecule has 27 heavy (non-hydrogen) atoms. The van der Waals surface area contributed by atoms with Crippen molar-refractivity contribution in [2.45, 2.75) is 78.9 Å². The van der Waals surface area contributed by atoms with E-state index in [4.69, 9.17) is 0 Å². The van der Waals surface area contributed by atoms with Crippen LogP contribution in [0.4, 0.5) is 0 Å². The van der Waals surface area contributed by atoms with Crippen LogP contribution in [-0.4, -0.2) is 18.5 Å². The topological polar surface area (TPSA) is 22.0 Å². The molecule has 2 aromatic rings. The zero-order chi connectivity index (χ0) is 20.6. The van der Waals surface area contributed by atoms with Crippen molar-refractivity contribution in [3.8, 4) is 11.5 Å². The molecule has 0 saturated carbocycles. The van der Waals surface area contributed by atoms with Crippen LogP contribution in [0.2, 0.25) is 16.6 Å². The number of nitrogens with zero attached hydrogens (tertiary/aromatic N) is 1. The lowest BCUT2D eigenvalue weighted by Gasteiger charge is -2.38. The van der Waals surface area contributed by atoms with Gasteiger partial charge in [0.05, 0.1) is 5.52 Å². The predicted molar refractivity (Wildman–Crippen MR) is 120 cm³/mol. The summed E-state index contributed by atoms with van der Waals surface area (Å²) in [5.41, 5.74) is 7.07. The van der Waals surface area contributed by atoms with Crippen LogP contribution in [0.25, 0.3) is 10.9 Å². The van der Waals surface area contributed by atoms with Crippen molar-refractivity contribution in [2.24, 2.45) is 5.41 Å². The summed E-state index contributed by atoms with van der Waals surface area (Å²) < 4.78 is 1.79. The van der Waals surface area contributed by atoms with E-state index in [0.717, 1.165) is 16.5 Å². The number of para-hydroxylation sites is 1. The zero-order valence-corrected chi connectivity index (χ0v) is 19.5. The van der Waals surface area contributed by atoms with Gasteiger partial charge in [0.2, 0.25) is 5.91 Å². The maximum Gasteiger partial charge on any atom is 0.236 e. The van der Waals surface area contributed by atoms with Gasteiger partial charge >= 0.3 is 0 Å². The molecule has 1 heterocycles. The molecule has 0 spiro atoms. The van der Waals surface area contributed by atoms with Gasteiger partial charge in [-0.15, -0.1) is 5.54 Å². The SMILES string of the molecule is CC(C)[Si](C#Cc1cn(C(=O)C(C)(C)C)c2ccccc12)(C(C)C)C(C)C. The first-order chi connectivity index (χ1) is 12.4. The van der Waals surface area contributed by atoms with E-state index in [1.807, 2.05) is 45.2 Å². The average molecular weight is 382 g/mol. The molecular formula is C24H35NOSi. The fraction of sp³-hybridized carbons (Fsp3) is 0.542. The molecule has 1 aromatic carbocycles. The molecule has 0 amide bonds. The van der Waals surface area contributed by atoms with Crippen molar-refractivity contribution in [3.05, 3.63) is 36.0 Å². The first-order valence-corrected chi connectivity index (χ1v) is 12.3. The monoisotopic (exact) mass is 381 g/mol. The second-order valence-electron chi connectivity index (χ2n) is 9.63. The Kier molecular flexibility index (Phi) is 6.12. The van der Waals surface area contributed by atoms with Gasteiger partial charge in [0, 0.05) is 22.6 Å². The first kappa shape index (κ1) is 21.5. The fourth-order valence-corrected chi connectivity index (χ4v) is 9.63. The third-order valence-electron chi connectivity index (χ3n) is 5.85. The Hall–Kier alpha value is -1.79. The maximum absolute atomic E-state index is 12.9. The largest absolute Gasteiger partial charge is 0.285 e. The van der Waals surface area contributed by atoms with E-state index < -0.39 is 13.5 Å². The highest BCUT2D eigenvalue weighted by atomic mass is 28.3. The normalized spacial score (nSPS) is 12.7. The third kappa shape index (κ3) is 3.92. The smallest absolute Gasteiger partial charge is 0.236 e.